The number of carbonyl (C=O) groups excluding carboxylic acids is 1. The number of nitrogens with zero attached hydrogens (tertiary/aromatic N) is 2. The summed E-state index contributed by atoms with van der Waals surface area (Å²) >= 11 is 5.14. The van der Waals surface area contributed by atoms with Gasteiger partial charge < -0.3 is 10.4 Å². The average molecular weight is 298 g/mol. The number of amides is 1. The molecular weight excluding hydrogens is 276 g/mol. The Kier molecular flexibility index (Phi) is 5.31. The van der Waals surface area contributed by atoms with E-state index in [9.17, 15) is 9.90 Å². The number of H-pyrrole nitrogens is 1. The second-order valence-corrected chi connectivity index (χ2v) is 5.73. The topological polar surface area (TPSA) is 82.9 Å². The van der Waals surface area contributed by atoms with Crippen LogP contribution in [0.1, 0.15) is 38.4 Å². The number of aliphatic hydroxyl groups is 1. The van der Waals surface area contributed by atoms with E-state index in [0.717, 1.165) is 37.9 Å². The van der Waals surface area contributed by atoms with Gasteiger partial charge >= 0.3 is 0 Å². The minimum absolute atomic E-state index is 0.0843. The van der Waals surface area contributed by atoms with E-state index in [4.69, 9.17) is 12.2 Å². The van der Waals surface area contributed by atoms with Crippen molar-refractivity contribution in [3.63, 3.8) is 0 Å². The molecule has 0 spiro atoms. The molecule has 0 saturated heterocycles. The van der Waals surface area contributed by atoms with Crippen LogP contribution >= 0.6 is 12.2 Å². The number of rotatable bonds is 6. The number of hydrogen-bond acceptors (Lipinski definition) is 4. The number of aromatic nitrogens is 3. The third-order valence-corrected chi connectivity index (χ3v) is 4.10. The quantitative estimate of drug-likeness (QED) is 0.689. The molecule has 0 radical (unpaired) electrons. The van der Waals surface area contributed by atoms with Gasteiger partial charge in [-0.1, -0.05) is 13.3 Å². The number of nitrogens with one attached hydrogen (secondary N) is 2. The molecule has 1 fully saturated rings. The molecule has 1 aromatic rings. The molecule has 1 aromatic heterocycles. The Morgan fingerprint density at radius 1 is 1.60 bits per heavy atom. The molecule has 1 aliphatic carbocycles. The molecule has 1 amide bonds. The fourth-order valence-corrected chi connectivity index (χ4v) is 2.84. The van der Waals surface area contributed by atoms with E-state index in [2.05, 4.69) is 22.4 Å². The first-order valence-corrected chi connectivity index (χ1v) is 7.61. The first-order chi connectivity index (χ1) is 9.61. The van der Waals surface area contributed by atoms with E-state index in [-0.39, 0.29) is 24.5 Å². The normalized spacial score (nSPS) is 22.1. The van der Waals surface area contributed by atoms with Crippen LogP contribution in [0.3, 0.4) is 0 Å². The second-order valence-electron chi connectivity index (χ2n) is 5.34. The van der Waals surface area contributed by atoms with Crippen LogP contribution < -0.4 is 5.32 Å². The van der Waals surface area contributed by atoms with Gasteiger partial charge in [0.25, 0.3) is 0 Å². The molecule has 112 valence electrons. The zero-order valence-corrected chi connectivity index (χ0v) is 12.6. The third-order valence-electron chi connectivity index (χ3n) is 3.79. The highest BCUT2D eigenvalue weighted by atomic mass is 32.1. The van der Waals surface area contributed by atoms with Crippen LogP contribution in [0.2, 0.25) is 0 Å². The monoisotopic (exact) mass is 298 g/mol. The molecule has 1 aliphatic rings. The van der Waals surface area contributed by atoms with E-state index in [1.807, 2.05) is 0 Å². The van der Waals surface area contributed by atoms with Gasteiger partial charge in [-0.25, -0.2) is 0 Å². The fraction of sp³-hybridized carbons (Fsp3) is 0.769. The van der Waals surface area contributed by atoms with E-state index in [1.165, 1.54) is 0 Å². The van der Waals surface area contributed by atoms with Gasteiger partial charge in [0.1, 0.15) is 12.4 Å². The Balaban J connectivity index is 1.88. The lowest BCUT2D eigenvalue weighted by Gasteiger charge is -2.15. The molecule has 0 aromatic carbocycles. The molecule has 2 atom stereocenters. The van der Waals surface area contributed by atoms with Crippen molar-refractivity contribution in [2.24, 2.45) is 5.92 Å². The summed E-state index contributed by atoms with van der Waals surface area (Å²) in [4.78, 5) is 12.0. The first-order valence-electron chi connectivity index (χ1n) is 7.20. The lowest BCUT2D eigenvalue weighted by molar-refractivity contribution is -0.122. The molecule has 7 heteroatoms. The highest BCUT2D eigenvalue weighted by Gasteiger charge is 2.25. The fourth-order valence-electron chi connectivity index (χ4n) is 2.63. The molecular formula is C13H22N4O2S. The summed E-state index contributed by atoms with van der Waals surface area (Å²) in [5, 5.41) is 19.5. The molecule has 3 N–H and O–H groups in total. The number of carbonyl (C=O) groups is 1. The molecule has 2 rings (SSSR count). The van der Waals surface area contributed by atoms with Crippen molar-refractivity contribution in [1.29, 1.82) is 0 Å². The van der Waals surface area contributed by atoms with E-state index >= 15 is 0 Å². The summed E-state index contributed by atoms with van der Waals surface area (Å²) in [6.07, 6.45) is 4.33. The Hall–Kier alpha value is -1.21. The number of aryl methyl sites for hydroxylation is 1. The molecule has 0 unspecified atom stereocenters. The molecule has 6 nitrogen and oxygen atoms in total. The smallest absolute Gasteiger partial charge is 0.240 e. The number of aromatic amines is 1. The van der Waals surface area contributed by atoms with Gasteiger partial charge in [0.15, 0.2) is 4.77 Å². The largest absolute Gasteiger partial charge is 0.393 e. The Morgan fingerprint density at radius 3 is 3.05 bits per heavy atom. The van der Waals surface area contributed by atoms with Crippen LogP contribution in [0.5, 0.6) is 0 Å². The average Bonchev–Trinajstić information content (AvgIpc) is 2.97. The molecule has 0 aliphatic heterocycles. The Labute approximate surface area is 123 Å². The third kappa shape index (κ3) is 3.67. The maximum atomic E-state index is 12.0. The van der Waals surface area contributed by atoms with Crippen LogP contribution in [0, 0.1) is 10.7 Å². The van der Waals surface area contributed by atoms with Crippen LogP contribution in [-0.2, 0) is 17.8 Å². The predicted molar refractivity (Wildman–Crippen MR) is 77.8 cm³/mol. The zero-order valence-electron chi connectivity index (χ0n) is 11.8. The molecule has 20 heavy (non-hydrogen) atoms. The standard InChI is InChI=1S/C13H22N4O2S/c1-2-4-11-15-16-13(20)17(11)8-12(19)14-7-9-5-3-6-10(9)18/h9-10,18H,2-8H2,1H3,(H,14,19)(H,16,20)/t9-,10-/m1/s1. The zero-order chi connectivity index (χ0) is 14.5. The van der Waals surface area contributed by atoms with Gasteiger partial charge in [0.05, 0.1) is 6.10 Å². The first kappa shape index (κ1) is 15.2. The van der Waals surface area contributed by atoms with Crippen molar-refractivity contribution in [3.8, 4) is 0 Å². The maximum Gasteiger partial charge on any atom is 0.240 e. The summed E-state index contributed by atoms with van der Waals surface area (Å²) in [5.41, 5.74) is 0. The SMILES string of the molecule is CCCc1n[nH]c(=S)n1CC(=O)NC[C@H]1CCC[C@H]1O. The van der Waals surface area contributed by atoms with Gasteiger partial charge in [-0.05, 0) is 31.5 Å². The minimum atomic E-state index is -0.276. The van der Waals surface area contributed by atoms with E-state index in [1.54, 1.807) is 4.57 Å². The van der Waals surface area contributed by atoms with Crippen LogP contribution in [-0.4, -0.2) is 38.4 Å². The van der Waals surface area contributed by atoms with Gasteiger partial charge in [-0.3, -0.25) is 14.5 Å². The lowest BCUT2D eigenvalue weighted by atomic mass is 10.1. The van der Waals surface area contributed by atoms with Crippen molar-refractivity contribution in [1.82, 2.24) is 20.1 Å². The van der Waals surface area contributed by atoms with Crippen molar-refractivity contribution < 1.29 is 9.90 Å². The summed E-state index contributed by atoms with van der Waals surface area (Å²) in [5.74, 6) is 0.916. The lowest BCUT2D eigenvalue weighted by Crippen LogP contribution is -2.34. The van der Waals surface area contributed by atoms with E-state index in [0.29, 0.717) is 11.3 Å². The maximum absolute atomic E-state index is 12.0. The van der Waals surface area contributed by atoms with Crippen molar-refractivity contribution in [3.05, 3.63) is 10.6 Å². The van der Waals surface area contributed by atoms with Crippen LogP contribution in [0.25, 0.3) is 0 Å². The Bertz CT molecular complexity index is 511. The summed E-state index contributed by atoms with van der Waals surface area (Å²) in [6, 6.07) is 0. The highest BCUT2D eigenvalue weighted by Crippen LogP contribution is 2.24. The van der Waals surface area contributed by atoms with Crippen LogP contribution in [0.4, 0.5) is 0 Å². The summed E-state index contributed by atoms with van der Waals surface area (Å²) in [6.45, 7) is 2.78. The highest BCUT2D eigenvalue weighted by molar-refractivity contribution is 7.71. The molecule has 1 heterocycles. The van der Waals surface area contributed by atoms with Crippen molar-refractivity contribution >= 4 is 18.1 Å². The second kappa shape index (κ2) is 6.99. The van der Waals surface area contributed by atoms with E-state index < -0.39 is 0 Å². The van der Waals surface area contributed by atoms with Gasteiger partial charge in [-0.15, -0.1) is 0 Å². The van der Waals surface area contributed by atoms with Crippen molar-refractivity contribution in [2.75, 3.05) is 6.54 Å². The minimum Gasteiger partial charge on any atom is -0.393 e. The number of aliphatic hydroxyl groups excluding tert-OH is 1. The van der Waals surface area contributed by atoms with Gasteiger partial charge in [0, 0.05) is 18.9 Å². The predicted octanol–water partition coefficient (Wildman–Crippen LogP) is 1.17. The number of hydrogen-bond donors (Lipinski definition) is 3. The molecule has 0 bridgehead atoms. The Morgan fingerprint density at radius 2 is 2.40 bits per heavy atom. The summed E-state index contributed by atoms with van der Waals surface area (Å²) < 4.78 is 2.21. The van der Waals surface area contributed by atoms with Gasteiger partial charge in [-0.2, -0.15) is 5.10 Å². The van der Waals surface area contributed by atoms with Crippen LogP contribution in [0.15, 0.2) is 0 Å². The van der Waals surface area contributed by atoms with Gasteiger partial charge in [0.2, 0.25) is 5.91 Å². The summed E-state index contributed by atoms with van der Waals surface area (Å²) in [7, 11) is 0. The van der Waals surface area contributed by atoms with Crippen molar-refractivity contribution in [2.45, 2.75) is 51.7 Å². The molecule has 1 saturated carbocycles.